The Kier molecular flexibility index (Phi) is 3.88. The third-order valence-electron chi connectivity index (χ3n) is 3.52. The SMILES string of the molecule is Cc1ccc(C2=NN[C@H](c3ccc(N(C)C)cc3)S2)cc1. The van der Waals surface area contributed by atoms with Crippen molar-refractivity contribution in [3.8, 4) is 0 Å². The fourth-order valence-corrected chi connectivity index (χ4v) is 3.20. The lowest BCUT2D eigenvalue weighted by atomic mass is 10.2. The van der Waals surface area contributed by atoms with E-state index in [2.05, 4.69) is 85.0 Å². The van der Waals surface area contributed by atoms with Gasteiger partial charge >= 0.3 is 0 Å². The normalized spacial score (nSPS) is 17.3. The van der Waals surface area contributed by atoms with Crippen LogP contribution >= 0.6 is 11.8 Å². The van der Waals surface area contributed by atoms with Crippen LogP contribution in [0.4, 0.5) is 5.69 Å². The predicted molar refractivity (Wildman–Crippen MR) is 92.0 cm³/mol. The molecule has 3 rings (SSSR count). The lowest BCUT2D eigenvalue weighted by Gasteiger charge is -2.14. The highest BCUT2D eigenvalue weighted by Crippen LogP contribution is 2.34. The predicted octanol–water partition coefficient (Wildman–Crippen LogP) is 3.76. The Morgan fingerprint density at radius 2 is 1.67 bits per heavy atom. The average molecular weight is 297 g/mol. The summed E-state index contributed by atoms with van der Waals surface area (Å²) < 4.78 is 0. The van der Waals surface area contributed by atoms with E-state index >= 15 is 0 Å². The lowest BCUT2D eigenvalue weighted by molar-refractivity contribution is 0.744. The molecule has 1 aliphatic rings. The van der Waals surface area contributed by atoms with E-state index in [1.165, 1.54) is 22.4 Å². The zero-order valence-corrected chi connectivity index (χ0v) is 13.3. The molecule has 1 heterocycles. The second-order valence-electron chi connectivity index (χ2n) is 5.40. The third-order valence-corrected chi connectivity index (χ3v) is 4.69. The Balaban J connectivity index is 1.72. The number of nitrogens with one attached hydrogen (secondary N) is 1. The first kappa shape index (κ1) is 14.0. The summed E-state index contributed by atoms with van der Waals surface area (Å²) in [4.78, 5) is 2.10. The van der Waals surface area contributed by atoms with Crippen molar-refractivity contribution >= 4 is 22.5 Å². The van der Waals surface area contributed by atoms with Crippen LogP contribution in [0.3, 0.4) is 0 Å². The van der Waals surface area contributed by atoms with Gasteiger partial charge in [0, 0.05) is 25.3 Å². The van der Waals surface area contributed by atoms with E-state index in [9.17, 15) is 0 Å². The van der Waals surface area contributed by atoms with Gasteiger partial charge in [-0.1, -0.05) is 53.7 Å². The van der Waals surface area contributed by atoms with Crippen LogP contribution in [-0.2, 0) is 0 Å². The highest BCUT2D eigenvalue weighted by molar-refractivity contribution is 8.14. The molecule has 0 fully saturated rings. The second-order valence-corrected chi connectivity index (χ2v) is 6.49. The van der Waals surface area contributed by atoms with Gasteiger partial charge in [-0.15, -0.1) is 0 Å². The first-order chi connectivity index (χ1) is 10.1. The van der Waals surface area contributed by atoms with Gasteiger partial charge in [0.1, 0.15) is 10.4 Å². The Morgan fingerprint density at radius 1 is 1.00 bits per heavy atom. The van der Waals surface area contributed by atoms with Gasteiger partial charge in [-0.3, -0.25) is 5.43 Å². The van der Waals surface area contributed by atoms with Gasteiger partial charge in [-0.25, -0.2) is 0 Å². The van der Waals surface area contributed by atoms with Crippen LogP contribution in [0.2, 0.25) is 0 Å². The van der Waals surface area contributed by atoms with Gasteiger partial charge in [0.05, 0.1) is 0 Å². The van der Waals surface area contributed by atoms with Crippen LogP contribution in [0.25, 0.3) is 0 Å². The number of benzene rings is 2. The van der Waals surface area contributed by atoms with Crippen LogP contribution < -0.4 is 10.3 Å². The van der Waals surface area contributed by atoms with Crippen molar-refractivity contribution in [2.75, 3.05) is 19.0 Å². The average Bonchev–Trinajstić information content (AvgIpc) is 2.98. The minimum absolute atomic E-state index is 0.192. The molecular formula is C17H19N3S. The maximum atomic E-state index is 4.47. The minimum Gasteiger partial charge on any atom is -0.378 e. The zero-order valence-electron chi connectivity index (χ0n) is 12.5. The van der Waals surface area contributed by atoms with Crippen LogP contribution in [-0.4, -0.2) is 19.1 Å². The molecule has 1 aliphatic heterocycles. The maximum absolute atomic E-state index is 4.47. The zero-order chi connectivity index (χ0) is 14.8. The minimum atomic E-state index is 0.192. The highest BCUT2D eigenvalue weighted by Gasteiger charge is 2.21. The molecule has 1 atom stereocenters. The molecule has 3 nitrogen and oxygen atoms in total. The van der Waals surface area contributed by atoms with Crippen molar-refractivity contribution < 1.29 is 0 Å². The number of hydrogen-bond acceptors (Lipinski definition) is 4. The molecule has 1 N–H and O–H groups in total. The van der Waals surface area contributed by atoms with Gasteiger partial charge in [0.2, 0.25) is 0 Å². The molecule has 0 radical (unpaired) electrons. The number of hydrogen-bond donors (Lipinski definition) is 1. The molecule has 0 spiro atoms. The van der Waals surface area contributed by atoms with Crippen molar-refractivity contribution in [2.24, 2.45) is 5.10 Å². The van der Waals surface area contributed by atoms with E-state index in [0.717, 1.165) is 5.04 Å². The van der Waals surface area contributed by atoms with Gasteiger partial charge in [0.25, 0.3) is 0 Å². The molecule has 108 valence electrons. The Bertz CT molecular complexity index is 645. The fraction of sp³-hybridized carbons (Fsp3) is 0.235. The smallest absolute Gasteiger partial charge is 0.126 e. The molecule has 0 saturated carbocycles. The van der Waals surface area contributed by atoms with Gasteiger partial charge in [-0.2, -0.15) is 5.10 Å². The van der Waals surface area contributed by atoms with E-state index < -0.39 is 0 Å². The third kappa shape index (κ3) is 3.05. The monoisotopic (exact) mass is 297 g/mol. The first-order valence-corrected chi connectivity index (χ1v) is 7.85. The van der Waals surface area contributed by atoms with Crippen molar-refractivity contribution in [3.05, 3.63) is 65.2 Å². The molecule has 0 unspecified atom stereocenters. The van der Waals surface area contributed by atoms with Gasteiger partial charge < -0.3 is 4.90 Å². The molecular weight excluding hydrogens is 278 g/mol. The van der Waals surface area contributed by atoms with Crippen molar-refractivity contribution in [3.63, 3.8) is 0 Å². The van der Waals surface area contributed by atoms with E-state index in [1.54, 1.807) is 11.8 Å². The number of nitrogens with zero attached hydrogens (tertiary/aromatic N) is 2. The molecule has 0 saturated heterocycles. The van der Waals surface area contributed by atoms with E-state index in [0.29, 0.717) is 0 Å². The molecule has 2 aromatic carbocycles. The molecule has 0 aliphatic carbocycles. The summed E-state index contributed by atoms with van der Waals surface area (Å²) in [5, 5.41) is 5.71. The summed E-state index contributed by atoms with van der Waals surface area (Å²) in [5.74, 6) is 0. The standard InChI is InChI=1S/C17H19N3S/c1-12-4-6-13(7-5-12)16-18-19-17(21-16)14-8-10-15(11-9-14)20(2)3/h4-11,17,19H,1-3H3/t17-/m0/s1. The number of anilines is 1. The quantitative estimate of drug-likeness (QED) is 0.935. The maximum Gasteiger partial charge on any atom is 0.126 e. The summed E-state index contributed by atoms with van der Waals surface area (Å²) in [6.45, 7) is 2.10. The molecule has 0 aromatic heterocycles. The molecule has 0 amide bonds. The first-order valence-electron chi connectivity index (χ1n) is 6.98. The Morgan fingerprint density at radius 3 is 2.29 bits per heavy atom. The van der Waals surface area contributed by atoms with E-state index in [-0.39, 0.29) is 5.37 Å². The molecule has 2 aromatic rings. The largest absolute Gasteiger partial charge is 0.378 e. The second kappa shape index (κ2) is 5.82. The Labute approximate surface area is 130 Å². The molecule has 4 heteroatoms. The summed E-state index contributed by atoms with van der Waals surface area (Å²) in [5.41, 5.74) is 8.12. The number of aryl methyl sites for hydroxylation is 1. The van der Waals surface area contributed by atoms with Crippen molar-refractivity contribution in [1.82, 2.24) is 5.43 Å². The van der Waals surface area contributed by atoms with E-state index in [4.69, 9.17) is 0 Å². The van der Waals surface area contributed by atoms with Crippen LogP contribution in [0.5, 0.6) is 0 Å². The van der Waals surface area contributed by atoms with Crippen LogP contribution in [0, 0.1) is 6.92 Å². The van der Waals surface area contributed by atoms with Crippen LogP contribution in [0.1, 0.15) is 22.1 Å². The molecule has 0 bridgehead atoms. The Hall–Kier alpha value is -1.94. The molecule has 21 heavy (non-hydrogen) atoms. The number of hydrazone groups is 1. The van der Waals surface area contributed by atoms with Gasteiger partial charge in [0.15, 0.2) is 0 Å². The summed E-state index contributed by atoms with van der Waals surface area (Å²) in [6, 6.07) is 17.1. The number of rotatable bonds is 3. The van der Waals surface area contributed by atoms with Gasteiger partial charge in [-0.05, 0) is 24.6 Å². The van der Waals surface area contributed by atoms with Crippen molar-refractivity contribution in [1.29, 1.82) is 0 Å². The van der Waals surface area contributed by atoms with E-state index in [1.807, 2.05) is 0 Å². The summed E-state index contributed by atoms with van der Waals surface area (Å²) >= 11 is 1.76. The lowest BCUT2D eigenvalue weighted by Crippen LogP contribution is -2.10. The summed E-state index contributed by atoms with van der Waals surface area (Å²) in [7, 11) is 4.10. The highest BCUT2D eigenvalue weighted by atomic mass is 32.2. The van der Waals surface area contributed by atoms with Crippen LogP contribution in [0.15, 0.2) is 53.6 Å². The summed E-state index contributed by atoms with van der Waals surface area (Å²) in [6.07, 6.45) is 0. The van der Waals surface area contributed by atoms with Crippen molar-refractivity contribution in [2.45, 2.75) is 12.3 Å². The fourth-order valence-electron chi connectivity index (χ4n) is 2.20. The number of thioether (sulfide) groups is 1. The topological polar surface area (TPSA) is 27.6 Å².